The van der Waals surface area contributed by atoms with E-state index in [4.69, 9.17) is 0 Å². The lowest BCUT2D eigenvalue weighted by Crippen LogP contribution is -2.29. The summed E-state index contributed by atoms with van der Waals surface area (Å²) in [7, 11) is 1.67. The fourth-order valence-electron chi connectivity index (χ4n) is 3.32. The Morgan fingerprint density at radius 1 is 1.38 bits per heavy atom. The van der Waals surface area contributed by atoms with Crippen LogP contribution in [0.4, 0.5) is 0 Å². The zero-order chi connectivity index (χ0) is 16.5. The minimum absolute atomic E-state index is 0.0223. The van der Waals surface area contributed by atoms with Gasteiger partial charge in [0.05, 0.1) is 0 Å². The summed E-state index contributed by atoms with van der Waals surface area (Å²) in [5.41, 5.74) is 3.41. The number of thiophene rings is 1. The largest absolute Gasteiger partial charge is 0.355 e. The van der Waals surface area contributed by atoms with E-state index in [1.165, 1.54) is 26.1 Å². The summed E-state index contributed by atoms with van der Waals surface area (Å²) in [5.74, 6) is -0.0223. The van der Waals surface area contributed by atoms with Crippen molar-refractivity contribution in [2.24, 2.45) is 0 Å². The molecule has 1 N–H and O–H groups in total. The molecule has 0 radical (unpaired) electrons. The van der Waals surface area contributed by atoms with Gasteiger partial charge in [-0.15, -0.1) is 11.3 Å². The van der Waals surface area contributed by atoms with Crippen molar-refractivity contribution in [2.75, 3.05) is 13.6 Å². The van der Waals surface area contributed by atoms with Crippen LogP contribution in [0.15, 0.2) is 42.7 Å². The van der Waals surface area contributed by atoms with Gasteiger partial charge in [0.25, 0.3) is 5.91 Å². The Labute approximate surface area is 145 Å². The highest BCUT2D eigenvalue weighted by Crippen LogP contribution is 2.36. The molecule has 5 heteroatoms. The van der Waals surface area contributed by atoms with Gasteiger partial charge in [-0.1, -0.05) is 6.07 Å². The molecule has 3 aromatic rings. The van der Waals surface area contributed by atoms with Crippen molar-refractivity contribution in [3.63, 3.8) is 0 Å². The Morgan fingerprint density at radius 2 is 2.29 bits per heavy atom. The van der Waals surface area contributed by atoms with Gasteiger partial charge in [0.15, 0.2) is 0 Å². The SMILES string of the molecule is CNC(=O)c1ccc2sc3c(c2c1)CCN(Cc1cccnc1)C3. The number of aromatic nitrogens is 1. The van der Waals surface area contributed by atoms with Crippen LogP contribution in [-0.4, -0.2) is 29.4 Å². The highest BCUT2D eigenvalue weighted by Gasteiger charge is 2.21. The number of carbonyl (C=O) groups excluding carboxylic acids is 1. The molecule has 24 heavy (non-hydrogen) atoms. The lowest BCUT2D eigenvalue weighted by atomic mass is 10.0. The Kier molecular flexibility index (Phi) is 4.04. The highest BCUT2D eigenvalue weighted by molar-refractivity contribution is 7.19. The van der Waals surface area contributed by atoms with Gasteiger partial charge in [0, 0.05) is 54.2 Å². The average molecular weight is 337 g/mol. The first-order valence-electron chi connectivity index (χ1n) is 8.12. The molecular weight excluding hydrogens is 318 g/mol. The first-order chi connectivity index (χ1) is 11.7. The third kappa shape index (κ3) is 2.81. The first-order valence-corrected chi connectivity index (χ1v) is 8.94. The fraction of sp³-hybridized carbons (Fsp3) is 0.263. The van der Waals surface area contributed by atoms with E-state index in [1.807, 2.05) is 41.9 Å². The van der Waals surface area contributed by atoms with E-state index in [1.54, 1.807) is 7.05 Å². The van der Waals surface area contributed by atoms with Gasteiger partial charge in [0.1, 0.15) is 0 Å². The van der Waals surface area contributed by atoms with Crippen molar-refractivity contribution in [2.45, 2.75) is 19.5 Å². The molecule has 0 saturated heterocycles. The summed E-state index contributed by atoms with van der Waals surface area (Å²) in [6.45, 7) is 2.95. The zero-order valence-corrected chi connectivity index (χ0v) is 14.4. The standard InChI is InChI=1S/C19H19N3OS/c1-20-19(23)14-4-5-17-16(9-14)15-6-8-22(12-18(15)24-17)11-13-3-2-7-21-10-13/h2-5,7,9-10H,6,8,11-12H2,1H3,(H,20,23). The number of fused-ring (bicyclic) bond motifs is 3. The van der Waals surface area contributed by atoms with Crippen LogP contribution < -0.4 is 5.32 Å². The highest BCUT2D eigenvalue weighted by atomic mass is 32.1. The van der Waals surface area contributed by atoms with Crippen molar-refractivity contribution in [1.29, 1.82) is 0 Å². The van der Waals surface area contributed by atoms with Crippen LogP contribution in [-0.2, 0) is 19.5 Å². The summed E-state index contributed by atoms with van der Waals surface area (Å²) in [6.07, 6.45) is 4.79. The van der Waals surface area contributed by atoms with E-state index in [2.05, 4.69) is 27.3 Å². The summed E-state index contributed by atoms with van der Waals surface area (Å²) in [5, 5.41) is 3.95. The molecule has 2 aromatic heterocycles. The van der Waals surface area contributed by atoms with Crippen LogP contribution in [0.3, 0.4) is 0 Å². The Hall–Kier alpha value is -2.24. The predicted octanol–water partition coefficient (Wildman–Crippen LogP) is 3.21. The minimum Gasteiger partial charge on any atom is -0.355 e. The Morgan fingerprint density at radius 3 is 3.08 bits per heavy atom. The van der Waals surface area contributed by atoms with E-state index in [9.17, 15) is 4.79 Å². The molecule has 1 amide bonds. The summed E-state index contributed by atoms with van der Waals surface area (Å²) in [4.78, 5) is 20.0. The van der Waals surface area contributed by atoms with Crippen molar-refractivity contribution in [3.8, 4) is 0 Å². The molecule has 0 fully saturated rings. The van der Waals surface area contributed by atoms with Gasteiger partial charge in [0.2, 0.25) is 0 Å². The second kappa shape index (κ2) is 6.34. The number of carbonyl (C=O) groups is 1. The van der Waals surface area contributed by atoms with Crippen molar-refractivity contribution in [1.82, 2.24) is 15.2 Å². The van der Waals surface area contributed by atoms with Gasteiger partial charge >= 0.3 is 0 Å². The second-order valence-electron chi connectivity index (χ2n) is 6.12. The summed E-state index contributed by atoms with van der Waals surface area (Å²) in [6, 6.07) is 10.2. The van der Waals surface area contributed by atoms with Gasteiger partial charge in [-0.2, -0.15) is 0 Å². The van der Waals surface area contributed by atoms with Gasteiger partial charge in [-0.05, 0) is 47.2 Å². The molecule has 0 aliphatic carbocycles. The van der Waals surface area contributed by atoms with E-state index in [0.717, 1.165) is 31.6 Å². The van der Waals surface area contributed by atoms with E-state index >= 15 is 0 Å². The lowest BCUT2D eigenvalue weighted by molar-refractivity contribution is 0.0963. The average Bonchev–Trinajstić information content (AvgIpc) is 2.98. The maximum absolute atomic E-state index is 11.9. The first kappa shape index (κ1) is 15.3. The molecule has 0 bridgehead atoms. The molecule has 1 aliphatic rings. The van der Waals surface area contributed by atoms with Gasteiger partial charge in [-0.3, -0.25) is 14.7 Å². The number of benzene rings is 1. The second-order valence-corrected chi connectivity index (χ2v) is 7.25. The number of pyridine rings is 1. The molecule has 0 atom stereocenters. The van der Waals surface area contributed by atoms with E-state index < -0.39 is 0 Å². The number of nitrogens with zero attached hydrogens (tertiary/aromatic N) is 2. The molecule has 3 heterocycles. The molecule has 122 valence electrons. The molecule has 1 aromatic carbocycles. The third-order valence-corrected chi connectivity index (χ3v) is 5.74. The smallest absolute Gasteiger partial charge is 0.251 e. The van der Waals surface area contributed by atoms with Crippen LogP contribution >= 0.6 is 11.3 Å². The minimum atomic E-state index is -0.0223. The zero-order valence-electron chi connectivity index (χ0n) is 13.6. The number of rotatable bonds is 3. The van der Waals surface area contributed by atoms with Gasteiger partial charge < -0.3 is 5.32 Å². The summed E-state index contributed by atoms with van der Waals surface area (Å²) < 4.78 is 1.27. The van der Waals surface area contributed by atoms with Crippen molar-refractivity contribution >= 4 is 27.3 Å². The van der Waals surface area contributed by atoms with E-state index in [-0.39, 0.29) is 5.91 Å². The van der Waals surface area contributed by atoms with Crippen molar-refractivity contribution in [3.05, 3.63) is 64.3 Å². The summed E-state index contributed by atoms with van der Waals surface area (Å²) >= 11 is 1.85. The number of hydrogen-bond donors (Lipinski definition) is 1. The predicted molar refractivity (Wildman–Crippen MR) is 97.3 cm³/mol. The molecule has 1 aliphatic heterocycles. The van der Waals surface area contributed by atoms with Crippen molar-refractivity contribution < 1.29 is 4.79 Å². The normalized spacial score (nSPS) is 14.5. The molecule has 0 unspecified atom stereocenters. The fourth-order valence-corrected chi connectivity index (χ4v) is 4.60. The molecule has 4 rings (SSSR count). The van der Waals surface area contributed by atoms with Crippen LogP contribution in [0, 0.1) is 0 Å². The molecule has 0 saturated carbocycles. The third-order valence-electron chi connectivity index (χ3n) is 4.54. The Balaban J connectivity index is 1.61. The van der Waals surface area contributed by atoms with Crippen LogP contribution in [0.1, 0.15) is 26.4 Å². The molecule has 0 spiro atoms. The number of amides is 1. The number of nitrogens with one attached hydrogen (secondary N) is 1. The lowest BCUT2D eigenvalue weighted by Gasteiger charge is -2.26. The Bertz CT molecular complexity index is 888. The van der Waals surface area contributed by atoms with Crippen LogP contribution in [0.2, 0.25) is 0 Å². The van der Waals surface area contributed by atoms with Crippen LogP contribution in [0.25, 0.3) is 10.1 Å². The van der Waals surface area contributed by atoms with Crippen LogP contribution in [0.5, 0.6) is 0 Å². The van der Waals surface area contributed by atoms with Gasteiger partial charge in [-0.25, -0.2) is 0 Å². The van der Waals surface area contributed by atoms with E-state index in [0.29, 0.717) is 0 Å². The maximum atomic E-state index is 11.9. The molecule has 4 nitrogen and oxygen atoms in total. The quantitative estimate of drug-likeness (QED) is 0.798. The number of hydrogen-bond acceptors (Lipinski definition) is 4. The molecular formula is C19H19N3OS. The monoisotopic (exact) mass is 337 g/mol. The topological polar surface area (TPSA) is 45.2 Å². The maximum Gasteiger partial charge on any atom is 0.251 e.